The maximum atomic E-state index is 11.4. The molecule has 0 aliphatic rings. The third-order valence-corrected chi connectivity index (χ3v) is 2.79. The van der Waals surface area contributed by atoms with Gasteiger partial charge in [-0.3, -0.25) is 5.32 Å². The smallest absolute Gasteiger partial charge is 0.411 e. The highest BCUT2D eigenvalue weighted by atomic mass is 35.5. The summed E-state index contributed by atoms with van der Waals surface area (Å²) >= 11 is 11.6. The zero-order valence-electron chi connectivity index (χ0n) is 10.7. The van der Waals surface area contributed by atoms with Gasteiger partial charge in [0, 0.05) is 5.69 Å². The Kier molecular flexibility index (Phi) is 6.97. The first-order valence-corrected chi connectivity index (χ1v) is 6.58. The molecule has 0 saturated carbocycles. The van der Waals surface area contributed by atoms with Gasteiger partial charge in [-0.05, 0) is 25.1 Å². The van der Waals surface area contributed by atoms with Gasteiger partial charge in [0.05, 0.1) is 23.2 Å². The van der Waals surface area contributed by atoms with Gasteiger partial charge in [0.2, 0.25) is 0 Å². The Bertz CT molecular complexity index is 483. The molecule has 0 fully saturated rings. The summed E-state index contributed by atoms with van der Waals surface area (Å²) in [6, 6.07) is 4.65. The fourth-order valence-corrected chi connectivity index (χ4v) is 1.50. The Morgan fingerprint density at radius 2 is 1.90 bits per heavy atom. The van der Waals surface area contributed by atoms with Crippen LogP contribution in [0.2, 0.25) is 10.0 Å². The second-order valence-electron chi connectivity index (χ2n) is 3.54. The monoisotopic (exact) mass is 320 g/mol. The van der Waals surface area contributed by atoms with Gasteiger partial charge in [-0.25, -0.2) is 9.59 Å². The van der Waals surface area contributed by atoms with Gasteiger partial charge in [-0.1, -0.05) is 23.2 Å². The lowest BCUT2D eigenvalue weighted by Crippen LogP contribution is -2.29. The second-order valence-corrected chi connectivity index (χ2v) is 4.35. The summed E-state index contributed by atoms with van der Waals surface area (Å²) in [6.45, 7) is 2.16. The first-order chi connectivity index (χ1) is 9.52. The summed E-state index contributed by atoms with van der Waals surface area (Å²) in [5.41, 5.74) is 0.461. The lowest BCUT2D eigenvalue weighted by molar-refractivity contribution is 0.141. The van der Waals surface area contributed by atoms with Crippen molar-refractivity contribution in [1.82, 2.24) is 5.32 Å². The van der Waals surface area contributed by atoms with Crippen LogP contribution in [0.1, 0.15) is 6.92 Å². The number of hydrogen-bond acceptors (Lipinski definition) is 4. The number of ether oxygens (including phenoxy) is 2. The van der Waals surface area contributed by atoms with E-state index in [0.29, 0.717) is 15.7 Å². The van der Waals surface area contributed by atoms with Gasteiger partial charge in [0.1, 0.15) is 6.61 Å². The molecular formula is C12H14Cl2N2O4. The van der Waals surface area contributed by atoms with Crippen LogP contribution in [0.15, 0.2) is 18.2 Å². The number of hydrogen-bond donors (Lipinski definition) is 2. The highest BCUT2D eigenvalue weighted by molar-refractivity contribution is 6.42. The van der Waals surface area contributed by atoms with Crippen molar-refractivity contribution in [3.8, 4) is 0 Å². The summed E-state index contributed by atoms with van der Waals surface area (Å²) in [5, 5.41) is 5.61. The number of rotatable bonds is 5. The number of alkyl carbamates (subject to hydrolysis) is 1. The van der Waals surface area contributed by atoms with Crippen molar-refractivity contribution in [3.05, 3.63) is 28.2 Å². The maximum Gasteiger partial charge on any atom is 0.411 e. The Hall–Kier alpha value is -1.66. The summed E-state index contributed by atoms with van der Waals surface area (Å²) in [4.78, 5) is 22.4. The van der Waals surface area contributed by atoms with Crippen molar-refractivity contribution in [3.63, 3.8) is 0 Å². The Morgan fingerprint density at radius 1 is 1.15 bits per heavy atom. The average Bonchev–Trinajstić information content (AvgIpc) is 2.39. The van der Waals surface area contributed by atoms with E-state index in [2.05, 4.69) is 15.4 Å². The van der Waals surface area contributed by atoms with Crippen molar-refractivity contribution >= 4 is 41.1 Å². The molecule has 0 saturated heterocycles. The molecule has 1 aromatic rings. The number of carbonyl (C=O) groups excluding carboxylic acids is 2. The molecule has 0 aromatic heterocycles. The zero-order chi connectivity index (χ0) is 15.0. The first-order valence-electron chi connectivity index (χ1n) is 5.82. The minimum absolute atomic E-state index is 0.0198. The number of amides is 2. The quantitative estimate of drug-likeness (QED) is 0.816. The minimum Gasteiger partial charge on any atom is -0.450 e. The van der Waals surface area contributed by atoms with E-state index in [1.807, 2.05) is 0 Å². The second kappa shape index (κ2) is 8.50. The predicted octanol–water partition coefficient (Wildman–Crippen LogP) is 3.29. The molecule has 1 aromatic carbocycles. The molecule has 0 atom stereocenters. The Labute approximate surface area is 126 Å². The van der Waals surface area contributed by atoms with Crippen molar-refractivity contribution in [1.29, 1.82) is 0 Å². The van der Waals surface area contributed by atoms with Crippen LogP contribution in [0.25, 0.3) is 0 Å². The molecule has 2 amide bonds. The summed E-state index contributed by atoms with van der Waals surface area (Å²) < 4.78 is 9.48. The Morgan fingerprint density at radius 3 is 2.55 bits per heavy atom. The SMILES string of the molecule is CCOC(=O)NCCOC(=O)Nc1ccc(Cl)c(Cl)c1. The molecule has 0 aliphatic carbocycles. The molecule has 1 rings (SSSR count). The van der Waals surface area contributed by atoms with E-state index in [-0.39, 0.29) is 19.8 Å². The third-order valence-electron chi connectivity index (χ3n) is 2.05. The Balaban J connectivity index is 2.26. The highest BCUT2D eigenvalue weighted by Crippen LogP contribution is 2.24. The standard InChI is InChI=1S/C12H14Cl2N2O4/c1-2-19-11(17)15-5-6-20-12(18)16-8-3-4-9(13)10(14)7-8/h3-4,7H,2,5-6H2,1H3,(H,15,17)(H,16,18). The van der Waals surface area contributed by atoms with Crippen LogP contribution in [0.5, 0.6) is 0 Å². The number of benzene rings is 1. The fraction of sp³-hybridized carbons (Fsp3) is 0.333. The van der Waals surface area contributed by atoms with Crippen LogP contribution in [-0.4, -0.2) is 31.9 Å². The van der Waals surface area contributed by atoms with Gasteiger partial charge < -0.3 is 14.8 Å². The van der Waals surface area contributed by atoms with E-state index in [4.69, 9.17) is 27.9 Å². The molecule has 0 bridgehead atoms. The van der Waals surface area contributed by atoms with Crippen LogP contribution >= 0.6 is 23.2 Å². The van der Waals surface area contributed by atoms with Crippen LogP contribution in [0, 0.1) is 0 Å². The number of nitrogens with one attached hydrogen (secondary N) is 2. The lowest BCUT2D eigenvalue weighted by atomic mass is 10.3. The summed E-state index contributed by atoms with van der Waals surface area (Å²) in [7, 11) is 0. The molecule has 0 aliphatic heterocycles. The molecule has 0 radical (unpaired) electrons. The number of anilines is 1. The number of halogens is 2. The van der Waals surface area contributed by atoms with Crippen LogP contribution < -0.4 is 10.6 Å². The first kappa shape index (κ1) is 16.4. The van der Waals surface area contributed by atoms with Gasteiger partial charge in [0.25, 0.3) is 0 Å². The van der Waals surface area contributed by atoms with Gasteiger partial charge >= 0.3 is 12.2 Å². The molecular weight excluding hydrogens is 307 g/mol. The minimum atomic E-state index is -0.658. The van der Waals surface area contributed by atoms with E-state index >= 15 is 0 Å². The van der Waals surface area contributed by atoms with Crippen LogP contribution in [0.3, 0.4) is 0 Å². The molecule has 0 spiro atoms. The van der Waals surface area contributed by atoms with Gasteiger partial charge in [-0.15, -0.1) is 0 Å². The van der Waals surface area contributed by atoms with Crippen molar-refractivity contribution < 1.29 is 19.1 Å². The van der Waals surface area contributed by atoms with Gasteiger partial charge in [-0.2, -0.15) is 0 Å². The summed E-state index contributed by atoms with van der Waals surface area (Å²) in [6.07, 6.45) is -1.21. The highest BCUT2D eigenvalue weighted by Gasteiger charge is 2.06. The molecule has 2 N–H and O–H groups in total. The van der Waals surface area contributed by atoms with Gasteiger partial charge in [0.15, 0.2) is 0 Å². The fourth-order valence-electron chi connectivity index (χ4n) is 1.21. The lowest BCUT2D eigenvalue weighted by Gasteiger charge is -2.08. The normalized spacial score (nSPS) is 9.75. The molecule has 0 unspecified atom stereocenters. The maximum absolute atomic E-state index is 11.4. The van der Waals surface area contributed by atoms with Crippen molar-refractivity contribution in [2.45, 2.75) is 6.92 Å². The zero-order valence-corrected chi connectivity index (χ0v) is 12.3. The van der Waals surface area contributed by atoms with E-state index in [0.717, 1.165) is 0 Å². The van der Waals surface area contributed by atoms with Crippen LogP contribution in [0.4, 0.5) is 15.3 Å². The molecule has 20 heavy (non-hydrogen) atoms. The predicted molar refractivity (Wildman–Crippen MR) is 76.5 cm³/mol. The van der Waals surface area contributed by atoms with E-state index < -0.39 is 12.2 Å². The third kappa shape index (κ3) is 5.99. The topological polar surface area (TPSA) is 76.7 Å². The molecule has 6 nitrogen and oxygen atoms in total. The van der Waals surface area contributed by atoms with E-state index in [1.165, 1.54) is 6.07 Å². The summed E-state index contributed by atoms with van der Waals surface area (Å²) in [5.74, 6) is 0. The van der Waals surface area contributed by atoms with E-state index in [1.54, 1.807) is 19.1 Å². The average molecular weight is 321 g/mol. The molecule has 0 heterocycles. The largest absolute Gasteiger partial charge is 0.450 e. The molecule has 110 valence electrons. The van der Waals surface area contributed by atoms with E-state index in [9.17, 15) is 9.59 Å². The van der Waals surface area contributed by atoms with Crippen molar-refractivity contribution in [2.24, 2.45) is 0 Å². The van der Waals surface area contributed by atoms with Crippen molar-refractivity contribution in [2.75, 3.05) is 25.1 Å². The van der Waals surface area contributed by atoms with Crippen LogP contribution in [-0.2, 0) is 9.47 Å². The number of carbonyl (C=O) groups is 2. The molecule has 8 heteroatoms.